The van der Waals surface area contributed by atoms with Crippen LogP contribution in [0.1, 0.15) is 36.7 Å². The van der Waals surface area contributed by atoms with E-state index in [2.05, 4.69) is 47.0 Å². The molecule has 2 N–H and O–H groups in total. The number of rotatable bonds is 6. The first-order valence-electron chi connectivity index (χ1n) is 9.24. The van der Waals surface area contributed by atoms with Gasteiger partial charge in [0.15, 0.2) is 0 Å². The Bertz CT molecular complexity index is 949. The SMILES string of the molecule is COC(=O)Nc1ccc(-c2cnc(C(CC3CC3)c3ccc(Br)cn3)[nH]2)cc1. The van der Waals surface area contributed by atoms with Gasteiger partial charge in [-0.25, -0.2) is 9.78 Å². The number of amides is 1. The number of aromatic amines is 1. The number of nitrogens with zero attached hydrogens (tertiary/aromatic N) is 2. The van der Waals surface area contributed by atoms with E-state index in [9.17, 15) is 4.79 Å². The molecular weight excluding hydrogens is 420 g/mol. The number of methoxy groups -OCH3 is 1. The lowest BCUT2D eigenvalue weighted by atomic mass is 9.97. The Morgan fingerprint density at radius 3 is 2.64 bits per heavy atom. The van der Waals surface area contributed by atoms with Crippen molar-refractivity contribution in [1.29, 1.82) is 0 Å². The number of aromatic nitrogens is 3. The van der Waals surface area contributed by atoms with Crippen LogP contribution >= 0.6 is 15.9 Å². The number of carbonyl (C=O) groups is 1. The summed E-state index contributed by atoms with van der Waals surface area (Å²) in [6, 6.07) is 11.6. The van der Waals surface area contributed by atoms with E-state index >= 15 is 0 Å². The Morgan fingerprint density at radius 2 is 2.00 bits per heavy atom. The number of benzene rings is 1. The molecular formula is C21H21BrN4O2. The van der Waals surface area contributed by atoms with Crippen LogP contribution in [0.25, 0.3) is 11.3 Å². The van der Waals surface area contributed by atoms with Crippen LogP contribution in [-0.2, 0) is 4.74 Å². The van der Waals surface area contributed by atoms with Crippen molar-refractivity contribution in [3.63, 3.8) is 0 Å². The maximum absolute atomic E-state index is 11.3. The molecule has 2 aromatic heterocycles. The maximum Gasteiger partial charge on any atom is 0.411 e. The molecule has 28 heavy (non-hydrogen) atoms. The van der Waals surface area contributed by atoms with Gasteiger partial charge in [-0.05, 0) is 58.1 Å². The fraction of sp³-hybridized carbons (Fsp3) is 0.286. The number of ether oxygens (including phenoxy) is 1. The van der Waals surface area contributed by atoms with Crippen LogP contribution < -0.4 is 5.32 Å². The van der Waals surface area contributed by atoms with E-state index in [1.807, 2.05) is 42.7 Å². The van der Waals surface area contributed by atoms with Crippen LogP contribution in [-0.4, -0.2) is 28.2 Å². The molecule has 0 spiro atoms. The first-order chi connectivity index (χ1) is 13.6. The highest BCUT2D eigenvalue weighted by molar-refractivity contribution is 9.10. The number of anilines is 1. The van der Waals surface area contributed by atoms with E-state index in [4.69, 9.17) is 0 Å². The van der Waals surface area contributed by atoms with Crippen LogP contribution in [0, 0.1) is 5.92 Å². The third kappa shape index (κ3) is 4.42. The van der Waals surface area contributed by atoms with E-state index < -0.39 is 6.09 Å². The number of pyridine rings is 1. The summed E-state index contributed by atoms with van der Waals surface area (Å²) in [4.78, 5) is 24.0. The zero-order valence-electron chi connectivity index (χ0n) is 15.5. The molecule has 6 nitrogen and oxygen atoms in total. The molecule has 0 radical (unpaired) electrons. The molecule has 1 fully saturated rings. The Kier molecular flexibility index (Phi) is 5.43. The normalized spacial score (nSPS) is 14.5. The molecule has 1 aliphatic rings. The Labute approximate surface area is 171 Å². The highest BCUT2D eigenvalue weighted by Gasteiger charge is 2.29. The average molecular weight is 441 g/mol. The molecule has 2 heterocycles. The summed E-state index contributed by atoms with van der Waals surface area (Å²) in [7, 11) is 1.34. The molecule has 0 bridgehead atoms. The van der Waals surface area contributed by atoms with Gasteiger partial charge >= 0.3 is 6.09 Å². The van der Waals surface area contributed by atoms with Crippen molar-refractivity contribution < 1.29 is 9.53 Å². The third-order valence-electron chi connectivity index (χ3n) is 4.93. The lowest BCUT2D eigenvalue weighted by Gasteiger charge is -2.14. The molecule has 1 aromatic carbocycles. The number of imidazole rings is 1. The minimum absolute atomic E-state index is 0.162. The van der Waals surface area contributed by atoms with E-state index in [1.54, 1.807) is 0 Å². The fourth-order valence-corrected chi connectivity index (χ4v) is 3.45. The standard InChI is InChI=1S/C21H21BrN4O2/c1-28-21(27)25-16-7-4-14(5-8-16)19-12-24-20(26-19)17(10-13-2-3-13)18-9-6-15(22)11-23-18/h4-9,11-13,17H,2-3,10H2,1H3,(H,24,26)(H,25,27). The van der Waals surface area contributed by atoms with Gasteiger partial charge in [0.25, 0.3) is 0 Å². The van der Waals surface area contributed by atoms with Gasteiger partial charge in [-0.15, -0.1) is 0 Å². The van der Waals surface area contributed by atoms with Crippen molar-refractivity contribution in [2.24, 2.45) is 5.92 Å². The van der Waals surface area contributed by atoms with Crippen molar-refractivity contribution in [2.45, 2.75) is 25.2 Å². The zero-order chi connectivity index (χ0) is 19.5. The molecule has 1 atom stereocenters. The smallest absolute Gasteiger partial charge is 0.411 e. The summed E-state index contributed by atoms with van der Waals surface area (Å²) < 4.78 is 5.58. The van der Waals surface area contributed by atoms with Crippen LogP contribution in [0.5, 0.6) is 0 Å². The first kappa shape index (κ1) is 18.7. The highest BCUT2D eigenvalue weighted by Crippen LogP contribution is 2.40. The van der Waals surface area contributed by atoms with Crippen LogP contribution in [0.3, 0.4) is 0 Å². The zero-order valence-corrected chi connectivity index (χ0v) is 17.1. The molecule has 0 aliphatic heterocycles. The molecule has 144 valence electrons. The van der Waals surface area contributed by atoms with Gasteiger partial charge < -0.3 is 9.72 Å². The summed E-state index contributed by atoms with van der Waals surface area (Å²) in [5.74, 6) is 1.86. The van der Waals surface area contributed by atoms with Crippen molar-refractivity contribution in [2.75, 3.05) is 12.4 Å². The van der Waals surface area contributed by atoms with E-state index in [-0.39, 0.29) is 5.92 Å². The maximum atomic E-state index is 11.3. The van der Waals surface area contributed by atoms with Gasteiger partial charge in [0, 0.05) is 16.4 Å². The topological polar surface area (TPSA) is 79.9 Å². The lowest BCUT2D eigenvalue weighted by Crippen LogP contribution is -2.10. The second-order valence-corrected chi connectivity index (χ2v) is 7.92. The Morgan fingerprint density at radius 1 is 1.21 bits per heavy atom. The van der Waals surface area contributed by atoms with Crippen molar-refractivity contribution >= 4 is 27.7 Å². The second kappa shape index (κ2) is 8.14. The highest BCUT2D eigenvalue weighted by atomic mass is 79.9. The largest absolute Gasteiger partial charge is 0.453 e. The van der Waals surface area contributed by atoms with Gasteiger partial charge in [-0.1, -0.05) is 25.0 Å². The van der Waals surface area contributed by atoms with Crippen LogP contribution in [0.15, 0.2) is 53.3 Å². The van der Waals surface area contributed by atoms with Gasteiger partial charge in [-0.2, -0.15) is 0 Å². The predicted octanol–water partition coefficient (Wildman–Crippen LogP) is 5.34. The fourth-order valence-electron chi connectivity index (χ4n) is 3.22. The predicted molar refractivity (Wildman–Crippen MR) is 111 cm³/mol. The summed E-state index contributed by atoms with van der Waals surface area (Å²) in [6.45, 7) is 0. The van der Waals surface area contributed by atoms with Crippen molar-refractivity contribution in [3.8, 4) is 11.3 Å². The van der Waals surface area contributed by atoms with Gasteiger partial charge in [-0.3, -0.25) is 10.3 Å². The van der Waals surface area contributed by atoms with Crippen molar-refractivity contribution in [1.82, 2.24) is 15.0 Å². The summed E-state index contributed by atoms with van der Waals surface area (Å²) in [5, 5.41) is 2.65. The number of nitrogens with one attached hydrogen (secondary N) is 2. The van der Waals surface area contributed by atoms with Crippen LogP contribution in [0.4, 0.5) is 10.5 Å². The molecule has 1 aliphatic carbocycles. The summed E-state index contributed by atoms with van der Waals surface area (Å²) >= 11 is 3.45. The second-order valence-electron chi connectivity index (χ2n) is 7.01. The van der Waals surface area contributed by atoms with Gasteiger partial charge in [0.2, 0.25) is 0 Å². The number of H-pyrrole nitrogens is 1. The van der Waals surface area contributed by atoms with Gasteiger partial charge in [0.05, 0.1) is 30.6 Å². The third-order valence-corrected chi connectivity index (χ3v) is 5.40. The minimum atomic E-state index is -0.485. The number of carbonyl (C=O) groups excluding carboxylic acids is 1. The van der Waals surface area contributed by atoms with E-state index in [0.717, 1.165) is 39.6 Å². The molecule has 1 amide bonds. The van der Waals surface area contributed by atoms with Crippen LogP contribution in [0.2, 0.25) is 0 Å². The lowest BCUT2D eigenvalue weighted by molar-refractivity contribution is 0.187. The molecule has 1 unspecified atom stereocenters. The molecule has 7 heteroatoms. The minimum Gasteiger partial charge on any atom is -0.453 e. The molecule has 4 rings (SSSR count). The molecule has 0 saturated heterocycles. The molecule has 1 saturated carbocycles. The van der Waals surface area contributed by atoms with Crippen molar-refractivity contribution in [3.05, 3.63) is 64.8 Å². The average Bonchev–Trinajstić information content (AvgIpc) is 3.41. The first-order valence-corrected chi connectivity index (χ1v) is 10.0. The van der Waals surface area contributed by atoms with E-state index in [1.165, 1.54) is 20.0 Å². The number of hydrogen-bond donors (Lipinski definition) is 2. The monoisotopic (exact) mass is 440 g/mol. The quantitative estimate of drug-likeness (QED) is 0.541. The molecule has 3 aromatic rings. The summed E-state index contributed by atoms with van der Waals surface area (Å²) in [6.07, 6.45) is 6.85. The number of hydrogen-bond acceptors (Lipinski definition) is 4. The Hall–Kier alpha value is -2.67. The Balaban J connectivity index is 1.56. The number of halogens is 1. The van der Waals surface area contributed by atoms with E-state index in [0.29, 0.717) is 5.69 Å². The van der Waals surface area contributed by atoms with Gasteiger partial charge in [0.1, 0.15) is 5.82 Å². The summed E-state index contributed by atoms with van der Waals surface area (Å²) in [5.41, 5.74) is 3.66.